The van der Waals surface area contributed by atoms with E-state index in [0.29, 0.717) is 18.4 Å². The molecule has 0 aliphatic carbocycles. The fraction of sp³-hybridized carbons (Fsp3) is 0.636. The van der Waals surface area contributed by atoms with Gasteiger partial charge in [-0.05, 0) is 13.3 Å². The molecule has 0 bridgehead atoms. The quantitative estimate of drug-likeness (QED) is 0.781. The summed E-state index contributed by atoms with van der Waals surface area (Å²) < 4.78 is 5.07. The smallest absolute Gasteiger partial charge is 0.226 e. The molecule has 1 aromatic rings. The summed E-state index contributed by atoms with van der Waals surface area (Å²) in [5.74, 6) is 1.13. The molecule has 0 spiro atoms. The molecule has 0 aromatic carbocycles. The summed E-state index contributed by atoms with van der Waals surface area (Å²) in [4.78, 5) is 8.43. The fourth-order valence-electron chi connectivity index (χ4n) is 1.34. The Bertz CT molecular complexity index is 333. The average Bonchev–Trinajstić information content (AvgIpc) is 2.26. The zero-order chi connectivity index (χ0) is 12.0. The molecule has 1 N–H and O–H groups in total. The van der Waals surface area contributed by atoms with Crippen molar-refractivity contribution in [3.05, 3.63) is 11.8 Å². The number of rotatable bonds is 6. The summed E-state index contributed by atoms with van der Waals surface area (Å²) in [6.45, 7) is 4.68. The van der Waals surface area contributed by atoms with Crippen LogP contribution in [0.15, 0.2) is 6.07 Å². The predicted molar refractivity (Wildman–Crippen MR) is 66.4 cm³/mol. The van der Waals surface area contributed by atoms with Gasteiger partial charge in [-0.2, -0.15) is 4.98 Å². The van der Waals surface area contributed by atoms with Crippen LogP contribution < -0.4 is 10.1 Å². The Morgan fingerprint density at radius 1 is 1.50 bits per heavy atom. The van der Waals surface area contributed by atoms with Gasteiger partial charge in [-0.3, -0.25) is 0 Å². The molecule has 1 aromatic heterocycles. The van der Waals surface area contributed by atoms with Crippen LogP contribution in [-0.2, 0) is 0 Å². The number of hydrogen-bond acceptors (Lipinski definition) is 4. The maximum Gasteiger partial charge on any atom is 0.226 e. The van der Waals surface area contributed by atoms with E-state index in [1.165, 1.54) is 0 Å². The topological polar surface area (TPSA) is 47.0 Å². The van der Waals surface area contributed by atoms with Crippen LogP contribution in [0.3, 0.4) is 0 Å². The number of ether oxygens (including phenoxy) is 1. The van der Waals surface area contributed by atoms with E-state index >= 15 is 0 Å². The van der Waals surface area contributed by atoms with Crippen molar-refractivity contribution in [3.63, 3.8) is 0 Å². The van der Waals surface area contributed by atoms with Gasteiger partial charge in [-0.1, -0.05) is 13.3 Å². The van der Waals surface area contributed by atoms with Gasteiger partial charge in [0.2, 0.25) is 11.8 Å². The van der Waals surface area contributed by atoms with E-state index < -0.39 is 0 Å². The molecule has 0 fully saturated rings. The first-order valence-electron chi connectivity index (χ1n) is 5.43. The number of halogens is 1. The highest BCUT2D eigenvalue weighted by Crippen LogP contribution is 2.12. The molecule has 0 radical (unpaired) electrons. The molecule has 1 atom stereocenters. The van der Waals surface area contributed by atoms with Crippen LogP contribution in [0.1, 0.15) is 25.5 Å². The normalized spacial score (nSPS) is 12.2. The Morgan fingerprint density at radius 2 is 2.25 bits per heavy atom. The van der Waals surface area contributed by atoms with Crippen molar-refractivity contribution in [3.8, 4) is 5.88 Å². The molecule has 1 unspecified atom stereocenters. The fourth-order valence-corrected chi connectivity index (χ4v) is 1.64. The van der Waals surface area contributed by atoms with E-state index in [4.69, 9.17) is 16.3 Å². The van der Waals surface area contributed by atoms with Crippen LogP contribution in [0.25, 0.3) is 0 Å². The number of aryl methyl sites for hydroxylation is 1. The molecule has 0 saturated carbocycles. The van der Waals surface area contributed by atoms with Crippen molar-refractivity contribution in [1.29, 1.82) is 0 Å². The lowest BCUT2D eigenvalue weighted by molar-refractivity contribution is 0.397. The monoisotopic (exact) mass is 243 g/mol. The van der Waals surface area contributed by atoms with Gasteiger partial charge in [-0.15, -0.1) is 11.6 Å². The highest BCUT2D eigenvalue weighted by molar-refractivity contribution is 6.20. The van der Waals surface area contributed by atoms with Crippen molar-refractivity contribution in [2.75, 3.05) is 19.0 Å². The third kappa shape index (κ3) is 4.23. The van der Waals surface area contributed by atoms with E-state index in [9.17, 15) is 0 Å². The molecular weight excluding hydrogens is 226 g/mol. The van der Waals surface area contributed by atoms with Crippen LogP contribution >= 0.6 is 11.6 Å². The maximum absolute atomic E-state index is 6.09. The molecule has 4 nitrogen and oxygen atoms in total. The number of anilines is 1. The molecule has 0 aliphatic rings. The first-order valence-corrected chi connectivity index (χ1v) is 5.87. The van der Waals surface area contributed by atoms with Gasteiger partial charge in [0.05, 0.1) is 12.5 Å². The number of hydrogen-bond donors (Lipinski definition) is 1. The minimum absolute atomic E-state index is 0.111. The molecule has 0 saturated heterocycles. The standard InChI is InChI=1S/C11H18ClN3O/c1-4-5-9(12)7-13-11-14-8(2)6-10(15-11)16-3/h6,9H,4-5,7H2,1-3H3,(H,13,14,15). The first kappa shape index (κ1) is 13.0. The highest BCUT2D eigenvalue weighted by atomic mass is 35.5. The number of alkyl halides is 1. The van der Waals surface area contributed by atoms with E-state index in [0.717, 1.165) is 18.5 Å². The summed E-state index contributed by atoms with van der Waals surface area (Å²) in [5, 5.41) is 3.22. The van der Waals surface area contributed by atoms with Gasteiger partial charge in [0, 0.05) is 18.3 Å². The van der Waals surface area contributed by atoms with Gasteiger partial charge in [0.25, 0.3) is 0 Å². The average molecular weight is 244 g/mol. The van der Waals surface area contributed by atoms with Gasteiger partial charge in [-0.25, -0.2) is 4.98 Å². The number of nitrogens with one attached hydrogen (secondary N) is 1. The van der Waals surface area contributed by atoms with Crippen LogP contribution in [0, 0.1) is 6.92 Å². The van der Waals surface area contributed by atoms with Crippen LogP contribution in [-0.4, -0.2) is 29.0 Å². The van der Waals surface area contributed by atoms with Crippen molar-refractivity contribution in [2.24, 2.45) is 0 Å². The predicted octanol–water partition coefficient (Wildman–Crippen LogP) is 2.61. The summed E-state index contributed by atoms with van der Waals surface area (Å²) in [7, 11) is 1.59. The Balaban J connectivity index is 2.56. The molecule has 5 heteroatoms. The molecule has 90 valence electrons. The molecule has 0 amide bonds. The minimum atomic E-state index is 0.111. The van der Waals surface area contributed by atoms with E-state index in [1.54, 1.807) is 13.2 Å². The zero-order valence-corrected chi connectivity index (χ0v) is 10.7. The minimum Gasteiger partial charge on any atom is -0.481 e. The number of nitrogens with zero attached hydrogens (tertiary/aromatic N) is 2. The lowest BCUT2D eigenvalue weighted by atomic mass is 10.2. The van der Waals surface area contributed by atoms with Crippen LogP contribution in [0.4, 0.5) is 5.95 Å². The molecule has 1 heterocycles. The number of aromatic nitrogens is 2. The van der Waals surface area contributed by atoms with E-state index in [-0.39, 0.29) is 5.38 Å². The zero-order valence-electron chi connectivity index (χ0n) is 9.96. The Hall–Kier alpha value is -1.03. The maximum atomic E-state index is 6.09. The van der Waals surface area contributed by atoms with E-state index in [2.05, 4.69) is 22.2 Å². The van der Waals surface area contributed by atoms with Gasteiger partial charge in [0.15, 0.2) is 0 Å². The van der Waals surface area contributed by atoms with Crippen LogP contribution in [0.2, 0.25) is 0 Å². The Labute approximate surface area is 101 Å². The summed E-state index contributed by atoms with van der Waals surface area (Å²) in [6.07, 6.45) is 2.06. The third-order valence-corrected chi connectivity index (χ3v) is 2.50. The number of methoxy groups -OCH3 is 1. The lowest BCUT2D eigenvalue weighted by Crippen LogP contribution is -2.16. The molecular formula is C11H18ClN3O. The summed E-state index contributed by atoms with van der Waals surface area (Å²) in [6, 6.07) is 1.79. The Kier molecular flexibility index (Phi) is 5.32. The summed E-state index contributed by atoms with van der Waals surface area (Å²) in [5.41, 5.74) is 0.871. The molecule has 1 rings (SSSR count). The van der Waals surface area contributed by atoms with E-state index in [1.807, 2.05) is 6.92 Å². The highest BCUT2D eigenvalue weighted by Gasteiger charge is 2.05. The largest absolute Gasteiger partial charge is 0.481 e. The SMILES string of the molecule is CCCC(Cl)CNc1nc(C)cc(OC)n1. The van der Waals surface area contributed by atoms with Gasteiger partial charge in [0.1, 0.15) is 0 Å². The Morgan fingerprint density at radius 3 is 2.88 bits per heavy atom. The van der Waals surface area contributed by atoms with Crippen molar-refractivity contribution < 1.29 is 4.74 Å². The summed E-state index contributed by atoms with van der Waals surface area (Å²) >= 11 is 6.09. The molecule has 16 heavy (non-hydrogen) atoms. The third-order valence-electron chi connectivity index (χ3n) is 2.12. The lowest BCUT2D eigenvalue weighted by Gasteiger charge is -2.10. The molecule has 0 aliphatic heterocycles. The second-order valence-electron chi connectivity index (χ2n) is 3.64. The second kappa shape index (κ2) is 6.53. The second-order valence-corrected chi connectivity index (χ2v) is 4.26. The van der Waals surface area contributed by atoms with Gasteiger partial charge >= 0.3 is 0 Å². The first-order chi connectivity index (χ1) is 7.65. The van der Waals surface area contributed by atoms with Crippen molar-refractivity contribution >= 4 is 17.5 Å². The van der Waals surface area contributed by atoms with Crippen molar-refractivity contribution in [1.82, 2.24) is 9.97 Å². The van der Waals surface area contributed by atoms with Crippen LogP contribution in [0.5, 0.6) is 5.88 Å². The van der Waals surface area contributed by atoms with Gasteiger partial charge < -0.3 is 10.1 Å². The van der Waals surface area contributed by atoms with Crippen molar-refractivity contribution in [2.45, 2.75) is 32.1 Å².